The Morgan fingerprint density at radius 1 is 1.13 bits per heavy atom. The van der Waals surface area contributed by atoms with Gasteiger partial charge in [0, 0.05) is 24.4 Å². The fraction of sp³-hybridized carbons (Fsp3) is 0.556. The van der Waals surface area contributed by atoms with Crippen molar-refractivity contribution in [3.63, 3.8) is 0 Å². The molecule has 52 heavy (non-hydrogen) atoms. The summed E-state index contributed by atoms with van der Waals surface area (Å²) in [4.78, 5) is 73.4. The van der Waals surface area contributed by atoms with Gasteiger partial charge < -0.3 is 29.7 Å². The molecule has 2 aliphatic carbocycles. The first kappa shape index (κ1) is 38.5. The lowest BCUT2D eigenvalue weighted by Gasteiger charge is -2.30. The van der Waals surface area contributed by atoms with Gasteiger partial charge in [0.1, 0.15) is 35.1 Å². The van der Waals surface area contributed by atoms with Gasteiger partial charge in [-0.1, -0.05) is 19.9 Å². The average molecular weight is 742 g/mol. The van der Waals surface area contributed by atoms with Crippen LogP contribution >= 0.6 is 0 Å². The SMILES string of the molecule is C=C(C)C(=O)CC(NC(=O)OC(C)(C)C)C(=O)N1CC(Oc2nccc3cc(OC)ccc23)CC1C(=O)NC1(C(=O)NS(=O)(=O)C2CC2)CC1CC. The van der Waals surface area contributed by atoms with Crippen molar-refractivity contribution in [3.8, 4) is 11.6 Å². The molecule has 282 valence electrons. The summed E-state index contributed by atoms with van der Waals surface area (Å²) in [6, 6.07) is 4.43. The number of aromatic nitrogens is 1. The van der Waals surface area contributed by atoms with Crippen LogP contribution in [0.25, 0.3) is 10.8 Å². The molecule has 5 rings (SSSR count). The second-order valence-corrected chi connectivity index (χ2v) is 16.7. The number of carbonyl (C=O) groups excluding carboxylic acids is 5. The molecule has 3 N–H and O–H groups in total. The molecule has 0 radical (unpaired) electrons. The number of sulfonamides is 1. The number of Topliss-reactive ketones (excluding diaryl/α,β-unsaturated/α-hetero) is 1. The van der Waals surface area contributed by atoms with Crippen LogP contribution in [0.4, 0.5) is 4.79 Å². The molecule has 2 heterocycles. The lowest BCUT2D eigenvalue weighted by atomic mass is 10.0. The number of ether oxygens (including phenoxy) is 3. The van der Waals surface area contributed by atoms with Crippen molar-refractivity contribution in [2.24, 2.45) is 5.92 Å². The molecule has 5 unspecified atom stereocenters. The molecule has 0 bridgehead atoms. The minimum Gasteiger partial charge on any atom is -0.497 e. The highest BCUT2D eigenvalue weighted by Gasteiger charge is 2.62. The maximum atomic E-state index is 14.4. The summed E-state index contributed by atoms with van der Waals surface area (Å²) in [6.07, 6.45) is 0.906. The van der Waals surface area contributed by atoms with Crippen LogP contribution in [0.1, 0.15) is 73.1 Å². The molecule has 1 aromatic carbocycles. The van der Waals surface area contributed by atoms with Crippen molar-refractivity contribution in [2.75, 3.05) is 13.7 Å². The Balaban J connectivity index is 1.45. The third-order valence-electron chi connectivity index (χ3n) is 9.46. The molecule has 0 spiro atoms. The zero-order valence-electron chi connectivity index (χ0n) is 30.3. The molecule has 5 atom stereocenters. The normalized spacial score (nSPS) is 23.3. The van der Waals surface area contributed by atoms with Gasteiger partial charge in [-0.15, -0.1) is 0 Å². The third kappa shape index (κ3) is 8.65. The van der Waals surface area contributed by atoms with Gasteiger partial charge in [-0.05, 0) is 88.1 Å². The molecule has 3 fully saturated rings. The Morgan fingerprint density at radius 2 is 1.85 bits per heavy atom. The van der Waals surface area contributed by atoms with E-state index >= 15 is 0 Å². The predicted molar refractivity (Wildman–Crippen MR) is 190 cm³/mol. The fourth-order valence-corrected chi connectivity index (χ4v) is 7.75. The first-order chi connectivity index (χ1) is 24.4. The molecular weight excluding hydrogens is 694 g/mol. The van der Waals surface area contributed by atoms with E-state index in [9.17, 15) is 32.4 Å². The van der Waals surface area contributed by atoms with E-state index in [-0.39, 0.29) is 36.8 Å². The summed E-state index contributed by atoms with van der Waals surface area (Å²) in [6.45, 7) is 11.8. The highest BCUT2D eigenvalue weighted by Crippen LogP contribution is 2.47. The van der Waals surface area contributed by atoms with Crippen molar-refractivity contribution in [1.82, 2.24) is 25.2 Å². The van der Waals surface area contributed by atoms with Gasteiger partial charge in [-0.25, -0.2) is 18.2 Å². The summed E-state index contributed by atoms with van der Waals surface area (Å²) in [7, 11) is -2.35. The molecule has 1 aromatic heterocycles. The monoisotopic (exact) mass is 741 g/mol. The number of methoxy groups -OCH3 is 1. The summed E-state index contributed by atoms with van der Waals surface area (Å²) in [5.41, 5.74) is -2.25. The predicted octanol–water partition coefficient (Wildman–Crippen LogP) is 2.91. The number of hydrogen-bond acceptors (Lipinski definition) is 11. The van der Waals surface area contributed by atoms with E-state index in [4.69, 9.17) is 14.2 Å². The van der Waals surface area contributed by atoms with Crippen LogP contribution in [0.2, 0.25) is 0 Å². The molecule has 1 aliphatic heterocycles. The average Bonchev–Trinajstić information content (AvgIpc) is 3.99. The Bertz CT molecular complexity index is 1890. The number of hydrogen-bond donors (Lipinski definition) is 3. The van der Waals surface area contributed by atoms with E-state index in [1.807, 2.05) is 13.0 Å². The van der Waals surface area contributed by atoms with Crippen molar-refractivity contribution in [2.45, 2.75) is 108 Å². The molecule has 16 heteroatoms. The van der Waals surface area contributed by atoms with Crippen molar-refractivity contribution < 1.29 is 46.6 Å². The quantitative estimate of drug-likeness (QED) is 0.241. The molecule has 3 aliphatic rings. The number of ketones is 1. The maximum absolute atomic E-state index is 14.4. The number of rotatable bonds is 14. The van der Waals surface area contributed by atoms with Crippen LogP contribution in [0.5, 0.6) is 11.6 Å². The lowest BCUT2D eigenvalue weighted by Crippen LogP contribution is -2.58. The Morgan fingerprint density at radius 3 is 2.44 bits per heavy atom. The van der Waals surface area contributed by atoms with Crippen LogP contribution < -0.4 is 24.8 Å². The Labute approximate surface area is 303 Å². The maximum Gasteiger partial charge on any atom is 0.408 e. The number of nitrogens with zero attached hydrogens (tertiary/aromatic N) is 2. The van der Waals surface area contributed by atoms with E-state index in [1.165, 1.54) is 11.8 Å². The van der Waals surface area contributed by atoms with Gasteiger partial charge in [-0.2, -0.15) is 0 Å². The van der Waals surface area contributed by atoms with Crippen LogP contribution in [-0.2, 0) is 33.9 Å². The minimum atomic E-state index is -3.90. The van der Waals surface area contributed by atoms with Gasteiger partial charge in [0.2, 0.25) is 27.7 Å². The van der Waals surface area contributed by atoms with E-state index in [2.05, 4.69) is 26.9 Å². The first-order valence-corrected chi connectivity index (χ1v) is 18.9. The molecule has 1 saturated heterocycles. The largest absolute Gasteiger partial charge is 0.497 e. The van der Waals surface area contributed by atoms with Crippen LogP contribution in [0.3, 0.4) is 0 Å². The van der Waals surface area contributed by atoms with Crippen LogP contribution in [0.15, 0.2) is 42.6 Å². The number of fused-ring (bicyclic) bond motifs is 1. The first-order valence-electron chi connectivity index (χ1n) is 17.3. The summed E-state index contributed by atoms with van der Waals surface area (Å²) in [5, 5.41) is 6.06. The lowest BCUT2D eigenvalue weighted by molar-refractivity contribution is -0.142. The fourth-order valence-electron chi connectivity index (χ4n) is 6.39. The number of benzene rings is 1. The zero-order chi connectivity index (χ0) is 38.2. The van der Waals surface area contributed by atoms with Crippen LogP contribution in [0, 0.1) is 5.92 Å². The second-order valence-electron chi connectivity index (χ2n) is 14.7. The molecule has 4 amide bonds. The Hall–Kier alpha value is -4.73. The number of pyridine rings is 1. The van der Waals surface area contributed by atoms with Gasteiger partial charge in [0.15, 0.2) is 5.78 Å². The number of amides is 4. The van der Waals surface area contributed by atoms with E-state index in [1.54, 1.807) is 52.3 Å². The number of allylic oxidation sites excluding steroid dienone is 1. The topological polar surface area (TPSA) is 199 Å². The Kier molecular flexibility index (Phi) is 10.9. The standard InChI is InChI=1S/C36H47N5O10S/c1-8-22-18-36(22,33(45)40-52(47,48)25-10-11-25)39-30(43)28-16-24(50-31-26-12-9-23(49-7)15-21(26)13-14-37-31)19-41(28)32(44)27(17-29(42)20(2)3)38-34(46)51-35(4,5)6/h9,12-15,22,24-25,27-28H,2,8,10-11,16-19H2,1,3-7H3,(H,38,46)(H,39,43)(H,40,45). The van der Waals surface area contributed by atoms with Crippen LogP contribution in [-0.4, -0.2) is 96.1 Å². The summed E-state index contributed by atoms with van der Waals surface area (Å²) < 4.78 is 44.6. The zero-order valence-corrected chi connectivity index (χ0v) is 31.1. The number of likely N-dealkylation sites (tertiary alicyclic amines) is 1. The molecule has 15 nitrogen and oxygen atoms in total. The summed E-state index contributed by atoms with van der Waals surface area (Å²) in [5.74, 6) is -2.26. The van der Waals surface area contributed by atoms with Gasteiger partial charge in [0.05, 0.1) is 18.9 Å². The molecule has 2 aromatic rings. The smallest absolute Gasteiger partial charge is 0.408 e. The number of carbonyl (C=O) groups is 5. The number of alkyl carbamates (subject to hydrolysis) is 1. The van der Waals surface area contributed by atoms with Gasteiger partial charge in [-0.3, -0.25) is 23.9 Å². The highest BCUT2D eigenvalue weighted by atomic mass is 32.2. The van der Waals surface area contributed by atoms with E-state index in [0.717, 1.165) is 5.39 Å². The van der Waals surface area contributed by atoms with Crippen molar-refractivity contribution in [3.05, 3.63) is 42.6 Å². The van der Waals surface area contributed by atoms with Gasteiger partial charge >= 0.3 is 6.09 Å². The van der Waals surface area contributed by atoms with Gasteiger partial charge in [0.25, 0.3) is 5.91 Å². The highest BCUT2D eigenvalue weighted by molar-refractivity contribution is 7.91. The molecular formula is C36H47N5O10S. The van der Waals surface area contributed by atoms with E-state index in [0.29, 0.717) is 30.4 Å². The van der Waals surface area contributed by atoms with Crippen molar-refractivity contribution >= 4 is 50.4 Å². The second kappa shape index (κ2) is 14.7. The third-order valence-corrected chi connectivity index (χ3v) is 11.3. The summed E-state index contributed by atoms with van der Waals surface area (Å²) >= 11 is 0. The number of nitrogens with one attached hydrogen (secondary N) is 3. The molecule has 2 saturated carbocycles. The minimum absolute atomic E-state index is 0.0474. The van der Waals surface area contributed by atoms with Crippen molar-refractivity contribution in [1.29, 1.82) is 0 Å². The van der Waals surface area contributed by atoms with E-state index < -0.39 is 80.6 Å².